The second-order valence-corrected chi connectivity index (χ2v) is 5.49. The van der Waals surface area contributed by atoms with Gasteiger partial charge in [-0.1, -0.05) is 13.3 Å². The average Bonchev–Trinajstić information content (AvgIpc) is 2.37. The third-order valence-electron chi connectivity index (χ3n) is 3.49. The Kier molecular flexibility index (Phi) is 6.31. The summed E-state index contributed by atoms with van der Waals surface area (Å²) in [6.07, 6.45) is 3.49. The molecule has 1 fully saturated rings. The van der Waals surface area contributed by atoms with Gasteiger partial charge in [0.2, 0.25) is 0 Å². The fourth-order valence-corrected chi connectivity index (χ4v) is 2.39. The van der Waals surface area contributed by atoms with Gasteiger partial charge in [0.05, 0.1) is 0 Å². The van der Waals surface area contributed by atoms with E-state index in [9.17, 15) is 4.79 Å². The van der Waals surface area contributed by atoms with Gasteiger partial charge in [-0.15, -0.1) is 0 Å². The fourth-order valence-electron chi connectivity index (χ4n) is 2.39. The van der Waals surface area contributed by atoms with E-state index in [1.165, 1.54) is 5.01 Å². The zero-order chi connectivity index (χ0) is 14.4. The molecule has 0 spiro atoms. The maximum Gasteiger partial charge on any atom is 0.251 e. The summed E-state index contributed by atoms with van der Waals surface area (Å²) in [6, 6.07) is 0.554. The first-order valence-corrected chi connectivity index (χ1v) is 7.17. The molecule has 1 aliphatic heterocycles. The normalized spacial score (nSPS) is 18.0. The second kappa shape index (κ2) is 7.50. The highest BCUT2D eigenvalue weighted by atomic mass is 16.2. The van der Waals surface area contributed by atoms with Gasteiger partial charge in [-0.2, -0.15) is 0 Å². The van der Waals surface area contributed by atoms with Crippen molar-refractivity contribution in [1.29, 1.82) is 0 Å². The lowest BCUT2D eigenvalue weighted by Crippen LogP contribution is -2.51. The number of rotatable bonds is 5. The van der Waals surface area contributed by atoms with Crippen LogP contribution in [0.25, 0.3) is 0 Å². The van der Waals surface area contributed by atoms with Crippen LogP contribution in [0.2, 0.25) is 0 Å². The molecule has 0 aromatic heterocycles. The van der Waals surface area contributed by atoms with Crippen molar-refractivity contribution in [2.24, 2.45) is 5.84 Å². The number of carbonyl (C=O) groups excluding carboxylic acids is 1. The molecule has 5 nitrogen and oxygen atoms in total. The van der Waals surface area contributed by atoms with Crippen LogP contribution < -0.4 is 5.84 Å². The van der Waals surface area contributed by atoms with Gasteiger partial charge in [0.1, 0.15) is 0 Å². The van der Waals surface area contributed by atoms with Crippen molar-refractivity contribution in [3.63, 3.8) is 0 Å². The summed E-state index contributed by atoms with van der Waals surface area (Å²) >= 11 is 0. The molecule has 1 heterocycles. The highest BCUT2D eigenvalue weighted by Gasteiger charge is 2.24. The third-order valence-corrected chi connectivity index (χ3v) is 3.49. The molecule has 1 saturated heterocycles. The van der Waals surface area contributed by atoms with Crippen molar-refractivity contribution in [1.82, 2.24) is 14.8 Å². The van der Waals surface area contributed by atoms with Crippen molar-refractivity contribution in [3.05, 3.63) is 11.8 Å². The molecule has 0 unspecified atom stereocenters. The maximum absolute atomic E-state index is 12.5. The summed E-state index contributed by atoms with van der Waals surface area (Å²) in [4.78, 5) is 16.8. The number of carbonyl (C=O) groups is 1. The number of hydrogen-bond donors (Lipinski definition) is 1. The van der Waals surface area contributed by atoms with Gasteiger partial charge >= 0.3 is 0 Å². The monoisotopic (exact) mass is 268 g/mol. The Balaban J connectivity index is 2.62. The van der Waals surface area contributed by atoms with E-state index >= 15 is 0 Å². The van der Waals surface area contributed by atoms with Gasteiger partial charge in [0, 0.05) is 51.0 Å². The summed E-state index contributed by atoms with van der Waals surface area (Å²) in [7, 11) is 1.75. The first-order chi connectivity index (χ1) is 8.95. The molecule has 2 N–H and O–H groups in total. The highest BCUT2D eigenvalue weighted by Crippen LogP contribution is 2.13. The largest absolute Gasteiger partial charge is 0.336 e. The topological polar surface area (TPSA) is 52.8 Å². The summed E-state index contributed by atoms with van der Waals surface area (Å²) in [5.74, 6) is 5.77. The first kappa shape index (κ1) is 16.0. The highest BCUT2D eigenvalue weighted by molar-refractivity contribution is 5.93. The first-order valence-electron chi connectivity index (χ1n) is 7.17. The molecule has 0 aromatic carbocycles. The van der Waals surface area contributed by atoms with Gasteiger partial charge in [0.15, 0.2) is 0 Å². The number of nitrogens with two attached hydrogens (primary N) is 1. The third kappa shape index (κ3) is 4.84. The molecule has 1 amide bonds. The fraction of sp³-hybridized carbons (Fsp3) is 0.786. The van der Waals surface area contributed by atoms with Gasteiger partial charge in [-0.25, -0.2) is 5.84 Å². The number of hydrogen-bond acceptors (Lipinski definition) is 4. The lowest BCUT2D eigenvalue weighted by molar-refractivity contribution is -0.129. The minimum atomic E-state index is 0.141. The number of piperazine rings is 1. The van der Waals surface area contributed by atoms with E-state index in [2.05, 4.69) is 25.7 Å². The number of nitrogens with zero attached hydrogens (tertiary/aromatic N) is 3. The van der Waals surface area contributed by atoms with E-state index < -0.39 is 0 Å². The van der Waals surface area contributed by atoms with Crippen LogP contribution >= 0.6 is 0 Å². The van der Waals surface area contributed by atoms with Crippen molar-refractivity contribution >= 4 is 5.91 Å². The average molecular weight is 268 g/mol. The van der Waals surface area contributed by atoms with Crippen LogP contribution in [-0.2, 0) is 4.79 Å². The van der Waals surface area contributed by atoms with Crippen LogP contribution in [0, 0.1) is 0 Å². The molecule has 1 rings (SSSR count). The Hall–Kier alpha value is -1.07. The lowest BCUT2D eigenvalue weighted by Gasteiger charge is -2.37. The minimum absolute atomic E-state index is 0.141. The molecule has 0 aromatic rings. The molecule has 19 heavy (non-hydrogen) atoms. The molecular weight excluding hydrogens is 240 g/mol. The van der Waals surface area contributed by atoms with E-state index in [-0.39, 0.29) is 5.91 Å². The van der Waals surface area contributed by atoms with Crippen molar-refractivity contribution in [2.75, 3.05) is 33.2 Å². The SMILES string of the molecule is CCC/C(=C\N(C)N)C(=O)N1CCN(C(C)C)CC1. The van der Waals surface area contributed by atoms with Crippen LogP contribution in [0.15, 0.2) is 11.8 Å². The van der Waals surface area contributed by atoms with E-state index in [0.717, 1.165) is 44.6 Å². The smallest absolute Gasteiger partial charge is 0.251 e. The molecule has 110 valence electrons. The van der Waals surface area contributed by atoms with E-state index in [1.807, 2.05) is 4.90 Å². The van der Waals surface area contributed by atoms with Gasteiger partial charge < -0.3 is 9.91 Å². The minimum Gasteiger partial charge on any atom is -0.336 e. The Labute approximate surface area is 117 Å². The van der Waals surface area contributed by atoms with Crippen LogP contribution in [0.4, 0.5) is 0 Å². The quantitative estimate of drug-likeness (QED) is 0.460. The molecule has 5 heteroatoms. The Bertz CT molecular complexity index is 317. The Morgan fingerprint density at radius 3 is 2.32 bits per heavy atom. The maximum atomic E-state index is 12.5. The van der Waals surface area contributed by atoms with Gasteiger partial charge in [0.25, 0.3) is 5.91 Å². The molecular formula is C14H28N4O. The predicted molar refractivity (Wildman–Crippen MR) is 78.2 cm³/mol. The zero-order valence-electron chi connectivity index (χ0n) is 12.7. The molecule has 0 radical (unpaired) electrons. The van der Waals surface area contributed by atoms with Crippen molar-refractivity contribution < 1.29 is 4.79 Å². The second-order valence-electron chi connectivity index (χ2n) is 5.49. The van der Waals surface area contributed by atoms with Gasteiger partial charge in [-0.3, -0.25) is 9.69 Å². The molecule has 0 atom stereocenters. The summed E-state index contributed by atoms with van der Waals surface area (Å²) in [6.45, 7) is 10.0. The summed E-state index contributed by atoms with van der Waals surface area (Å²) in [5, 5.41) is 1.47. The molecule has 0 bridgehead atoms. The molecule has 1 aliphatic rings. The van der Waals surface area contributed by atoms with Crippen LogP contribution in [-0.4, -0.2) is 60.0 Å². The van der Waals surface area contributed by atoms with Crippen LogP contribution in [0.3, 0.4) is 0 Å². The summed E-state index contributed by atoms with van der Waals surface area (Å²) in [5.41, 5.74) is 0.811. The van der Waals surface area contributed by atoms with Crippen LogP contribution in [0.1, 0.15) is 33.6 Å². The van der Waals surface area contributed by atoms with Crippen molar-refractivity contribution in [3.8, 4) is 0 Å². The molecule has 0 saturated carbocycles. The molecule has 0 aliphatic carbocycles. The van der Waals surface area contributed by atoms with E-state index in [1.54, 1.807) is 13.2 Å². The van der Waals surface area contributed by atoms with E-state index in [0.29, 0.717) is 6.04 Å². The lowest BCUT2D eigenvalue weighted by atomic mass is 10.1. The summed E-state index contributed by atoms with van der Waals surface area (Å²) < 4.78 is 0. The van der Waals surface area contributed by atoms with Crippen LogP contribution in [0.5, 0.6) is 0 Å². The Morgan fingerprint density at radius 1 is 1.32 bits per heavy atom. The van der Waals surface area contributed by atoms with Gasteiger partial charge in [-0.05, 0) is 20.3 Å². The predicted octanol–water partition coefficient (Wildman–Crippen LogP) is 1.03. The number of hydrazine groups is 1. The standard InChI is InChI=1S/C14H28N4O/c1-5-6-13(11-16(4)15)14(19)18-9-7-17(8-10-18)12(2)3/h11-12H,5-10,15H2,1-4H3/b13-11+. The van der Waals surface area contributed by atoms with Crippen molar-refractivity contribution in [2.45, 2.75) is 39.7 Å². The van der Waals surface area contributed by atoms with E-state index in [4.69, 9.17) is 5.84 Å². The zero-order valence-corrected chi connectivity index (χ0v) is 12.7. The number of amides is 1. The Morgan fingerprint density at radius 2 is 1.89 bits per heavy atom.